The molecule has 2 heterocycles. The lowest BCUT2D eigenvalue weighted by molar-refractivity contribution is 0.101. The number of nitrogens with zero attached hydrogens (tertiary/aromatic N) is 1. The van der Waals surface area contributed by atoms with Crippen LogP contribution in [-0.4, -0.2) is 17.3 Å². The van der Waals surface area contributed by atoms with Crippen LogP contribution in [0.4, 0.5) is 0 Å². The van der Waals surface area contributed by atoms with Gasteiger partial charge in [-0.2, -0.15) is 0 Å². The minimum absolute atomic E-state index is 0.138. The van der Waals surface area contributed by atoms with Crippen LogP contribution in [0, 0.1) is 0 Å². The topological polar surface area (TPSA) is 40.2 Å². The van der Waals surface area contributed by atoms with E-state index in [9.17, 15) is 0 Å². The van der Waals surface area contributed by atoms with Gasteiger partial charge in [-0.1, -0.05) is 0 Å². The molecule has 2 atom stereocenters. The molecule has 2 rings (SSSR count). The van der Waals surface area contributed by atoms with E-state index in [2.05, 4.69) is 23.0 Å². The van der Waals surface area contributed by atoms with E-state index < -0.39 is 0 Å². The molecule has 1 aliphatic rings. The first-order valence-electron chi connectivity index (χ1n) is 6.28. The highest BCUT2D eigenvalue weighted by atomic mass is 16.5. The molecule has 0 aromatic carbocycles. The first kappa shape index (κ1) is 11.7. The van der Waals surface area contributed by atoms with Crippen LogP contribution >= 0.6 is 0 Å². The fraction of sp³-hybridized carbons (Fsp3) is 0.692. The van der Waals surface area contributed by atoms with Crippen molar-refractivity contribution in [3.05, 3.63) is 24.0 Å². The Morgan fingerprint density at radius 1 is 1.62 bits per heavy atom. The molecule has 16 heavy (non-hydrogen) atoms. The summed E-state index contributed by atoms with van der Waals surface area (Å²) in [6.07, 6.45) is 9.65. The van der Waals surface area contributed by atoms with Gasteiger partial charge in [-0.3, -0.25) is 0 Å². The van der Waals surface area contributed by atoms with Crippen LogP contribution < -0.4 is 5.73 Å². The molecule has 0 spiro atoms. The maximum absolute atomic E-state index is 5.82. The lowest BCUT2D eigenvalue weighted by Gasteiger charge is -2.09. The molecule has 1 aliphatic heterocycles. The van der Waals surface area contributed by atoms with Crippen LogP contribution in [0.25, 0.3) is 0 Å². The monoisotopic (exact) mass is 222 g/mol. The number of hydrogen-bond donors (Lipinski definition) is 1. The largest absolute Gasteiger partial charge is 0.378 e. The van der Waals surface area contributed by atoms with Gasteiger partial charge < -0.3 is 15.0 Å². The van der Waals surface area contributed by atoms with Crippen molar-refractivity contribution < 1.29 is 4.74 Å². The summed E-state index contributed by atoms with van der Waals surface area (Å²) in [5.74, 6) is 0. The van der Waals surface area contributed by atoms with Gasteiger partial charge in [0, 0.05) is 31.6 Å². The summed E-state index contributed by atoms with van der Waals surface area (Å²) < 4.78 is 7.83. The van der Waals surface area contributed by atoms with Gasteiger partial charge in [-0.25, -0.2) is 0 Å². The highest BCUT2D eigenvalue weighted by Crippen LogP contribution is 2.17. The van der Waals surface area contributed by atoms with E-state index in [1.807, 2.05) is 6.92 Å². The molecule has 0 radical (unpaired) electrons. The van der Waals surface area contributed by atoms with Crippen molar-refractivity contribution in [1.82, 2.24) is 4.57 Å². The average Bonchev–Trinajstić information content (AvgIpc) is 2.87. The first-order chi connectivity index (χ1) is 7.75. The lowest BCUT2D eigenvalue weighted by atomic mass is 10.1. The van der Waals surface area contributed by atoms with Crippen molar-refractivity contribution in [2.24, 2.45) is 5.73 Å². The molecule has 1 saturated heterocycles. The van der Waals surface area contributed by atoms with Gasteiger partial charge in [0.15, 0.2) is 0 Å². The molecule has 2 N–H and O–H groups in total. The normalized spacial score (nSPS) is 22.5. The molecular formula is C13H22N2O. The molecule has 3 heteroatoms. The van der Waals surface area contributed by atoms with Crippen molar-refractivity contribution in [1.29, 1.82) is 0 Å². The Hall–Kier alpha value is -0.800. The van der Waals surface area contributed by atoms with Crippen LogP contribution in [0.15, 0.2) is 18.5 Å². The third-order valence-electron chi connectivity index (χ3n) is 3.27. The van der Waals surface area contributed by atoms with Crippen molar-refractivity contribution in [3.8, 4) is 0 Å². The quantitative estimate of drug-likeness (QED) is 0.831. The van der Waals surface area contributed by atoms with Gasteiger partial charge in [-0.15, -0.1) is 0 Å². The Morgan fingerprint density at radius 3 is 3.12 bits per heavy atom. The molecule has 1 aromatic rings. The third kappa shape index (κ3) is 3.09. The first-order valence-corrected chi connectivity index (χ1v) is 6.28. The minimum atomic E-state index is 0.138. The number of aryl methyl sites for hydroxylation is 1. The number of nitrogens with two attached hydrogens (primary N) is 1. The maximum Gasteiger partial charge on any atom is 0.0576 e. The summed E-state index contributed by atoms with van der Waals surface area (Å²) in [5.41, 5.74) is 7.04. The molecule has 1 fully saturated rings. The van der Waals surface area contributed by atoms with E-state index >= 15 is 0 Å². The van der Waals surface area contributed by atoms with Crippen molar-refractivity contribution in [3.63, 3.8) is 0 Å². The third-order valence-corrected chi connectivity index (χ3v) is 3.27. The fourth-order valence-corrected chi connectivity index (χ4v) is 2.24. The Bertz CT molecular complexity index is 313. The SMILES string of the molecule is CC(N)c1ccn(CCCC2CCCO2)c1. The molecule has 0 aliphatic carbocycles. The zero-order valence-corrected chi connectivity index (χ0v) is 10.1. The Balaban J connectivity index is 1.72. The Morgan fingerprint density at radius 2 is 2.50 bits per heavy atom. The number of rotatable bonds is 5. The second-order valence-corrected chi connectivity index (χ2v) is 4.75. The van der Waals surface area contributed by atoms with Crippen LogP contribution in [0.3, 0.4) is 0 Å². The van der Waals surface area contributed by atoms with Gasteiger partial charge in [0.05, 0.1) is 6.10 Å². The molecule has 0 bridgehead atoms. The summed E-state index contributed by atoms with van der Waals surface area (Å²) >= 11 is 0. The van der Waals surface area contributed by atoms with Gasteiger partial charge in [-0.05, 0) is 44.2 Å². The maximum atomic E-state index is 5.82. The van der Waals surface area contributed by atoms with Gasteiger partial charge in [0.25, 0.3) is 0 Å². The summed E-state index contributed by atoms with van der Waals surface area (Å²) in [5, 5.41) is 0. The van der Waals surface area contributed by atoms with Crippen LogP contribution in [0.2, 0.25) is 0 Å². The van der Waals surface area contributed by atoms with Gasteiger partial charge in [0.2, 0.25) is 0 Å². The summed E-state index contributed by atoms with van der Waals surface area (Å²) in [7, 11) is 0. The van der Waals surface area contributed by atoms with Gasteiger partial charge >= 0.3 is 0 Å². The van der Waals surface area contributed by atoms with Crippen molar-refractivity contribution in [2.45, 2.75) is 51.3 Å². The minimum Gasteiger partial charge on any atom is -0.378 e. The lowest BCUT2D eigenvalue weighted by Crippen LogP contribution is -2.07. The summed E-state index contributed by atoms with van der Waals surface area (Å²) in [6.45, 7) is 4.06. The Labute approximate surface area is 97.6 Å². The van der Waals surface area contributed by atoms with E-state index in [-0.39, 0.29) is 6.04 Å². The van der Waals surface area contributed by atoms with Crippen LogP contribution in [0.1, 0.15) is 44.2 Å². The van der Waals surface area contributed by atoms with Crippen molar-refractivity contribution >= 4 is 0 Å². The van der Waals surface area contributed by atoms with Crippen molar-refractivity contribution in [2.75, 3.05) is 6.61 Å². The molecule has 2 unspecified atom stereocenters. The van der Waals surface area contributed by atoms with E-state index in [4.69, 9.17) is 10.5 Å². The smallest absolute Gasteiger partial charge is 0.0576 e. The van der Waals surface area contributed by atoms with E-state index in [0.717, 1.165) is 13.2 Å². The number of hydrogen-bond acceptors (Lipinski definition) is 2. The standard InChI is InChI=1S/C13H22N2O/c1-11(14)12-6-8-15(10-12)7-2-4-13-5-3-9-16-13/h6,8,10-11,13H,2-5,7,9,14H2,1H3. The van der Waals surface area contributed by atoms with Crippen LogP contribution in [-0.2, 0) is 11.3 Å². The zero-order valence-electron chi connectivity index (χ0n) is 10.1. The highest BCUT2D eigenvalue weighted by molar-refractivity contribution is 5.13. The highest BCUT2D eigenvalue weighted by Gasteiger charge is 2.14. The number of aromatic nitrogens is 1. The molecule has 1 aromatic heterocycles. The van der Waals surface area contributed by atoms with E-state index in [1.165, 1.54) is 31.2 Å². The fourth-order valence-electron chi connectivity index (χ4n) is 2.24. The Kier molecular flexibility index (Phi) is 4.02. The molecule has 90 valence electrons. The van der Waals surface area contributed by atoms with Crippen LogP contribution in [0.5, 0.6) is 0 Å². The zero-order chi connectivity index (χ0) is 11.4. The average molecular weight is 222 g/mol. The van der Waals surface area contributed by atoms with E-state index in [0.29, 0.717) is 6.10 Å². The predicted octanol–water partition coefficient (Wildman–Crippen LogP) is 2.47. The summed E-state index contributed by atoms with van der Waals surface area (Å²) in [6, 6.07) is 2.25. The summed E-state index contributed by atoms with van der Waals surface area (Å²) in [4.78, 5) is 0. The second kappa shape index (κ2) is 5.51. The van der Waals surface area contributed by atoms with E-state index in [1.54, 1.807) is 0 Å². The molecule has 3 nitrogen and oxygen atoms in total. The van der Waals surface area contributed by atoms with Gasteiger partial charge in [0.1, 0.15) is 0 Å². The molecular weight excluding hydrogens is 200 g/mol. The second-order valence-electron chi connectivity index (χ2n) is 4.75. The molecule has 0 saturated carbocycles. The number of ether oxygens (including phenoxy) is 1. The molecule has 0 amide bonds. The predicted molar refractivity (Wildman–Crippen MR) is 65.2 cm³/mol.